The lowest BCUT2D eigenvalue weighted by Gasteiger charge is -2.19. The summed E-state index contributed by atoms with van der Waals surface area (Å²) in [5, 5.41) is 3.57. The van der Waals surface area contributed by atoms with Gasteiger partial charge in [0.15, 0.2) is 11.5 Å². The first-order chi connectivity index (χ1) is 10.3. The van der Waals surface area contributed by atoms with Crippen molar-refractivity contribution in [3.8, 4) is 11.5 Å². The normalized spacial score (nSPS) is 15.0. The summed E-state index contributed by atoms with van der Waals surface area (Å²) in [7, 11) is 0. The standard InChI is InChI=1S/C17H21NO2S/c1-3-14-5-7-17(21-14)12(2)18-11-13-4-6-15-16(10-13)20-9-8-19-15/h4-7,10,12,18H,3,8-9,11H2,1-2H3. The smallest absolute Gasteiger partial charge is 0.161 e. The maximum Gasteiger partial charge on any atom is 0.161 e. The summed E-state index contributed by atoms with van der Waals surface area (Å²) in [6, 6.07) is 11.0. The van der Waals surface area contributed by atoms with E-state index in [1.165, 1.54) is 15.3 Å². The van der Waals surface area contributed by atoms with Gasteiger partial charge in [-0.25, -0.2) is 0 Å². The first-order valence-corrected chi connectivity index (χ1v) is 8.28. The molecule has 3 nitrogen and oxygen atoms in total. The number of fused-ring (bicyclic) bond motifs is 1. The molecule has 0 spiro atoms. The van der Waals surface area contributed by atoms with Gasteiger partial charge in [-0.1, -0.05) is 13.0 Å². The SMILES string of the molecule is CCc1ccc(C(C)NCc2ccc3c(c2)OCCO3)s1. The van der Waals surface area contributed by atoms with E-state index in [-0.39, 0.29) is 0 Å². The fourth-order valence-corrected chi connectivity index (χ4v) is 3.37. The molecule has 1 aromatic carbocycles. The van der Waals surface area contributed by atoms with Gasteiger partial charge < -0.3 is 14.8 Å². The van der Waals surface area contributed by atoms with Crippen molar-refractivity contribution in [1.82, 2.24) is 5.32 Å². The molecule has 1 aliphatic rings. The molecule has 3 rings (SSSR count). The highest BCUT2D eigenvalue weighted by atomic mass is 32.1. The van der Waals surface area contributed by atoms with Crippen LogP contribution in [0.1, 0.15) is 35.2 Å². The fourth-order valence-electron chi connectivity index (χ4n) is 2.39. The van der Waals surface area contributed by atoms with Crippen molar-refractivity contribution in [1.29, 1.82) is 0 Å². The van der Waals surface area contributed by atoms with Gasteiger partial charge in [-0.05, 0) is 43.2 Å². The first-order valence-electron chi connectivity index (χ1n) is 7.47. The molecule has 0 saturated heterocycles. The average molecular weight is 303 g/mol. The second-order valence-corrected chi connectivity index (χ2v) is 6.44. The van der Waals surface area contributed by atoms with Crippen LogP contribution in [-0.2, 0) is 13.0 Å². The van der Waals surface area contributed by atoms with E-state index >= 15 is 0 Å². The first kappa shape index (κ1) is 14.4. The van der Waals surface area contributed by atoms with E-state index < -0.39 is 0 Å². The molecule has 2 aromatic rings. The summed E-state index contributed by atoms with van der Waals surface area (Å²) < 4.78 is 11.2. The maximum absolute atomic E-state index is 5.62. The molecule has 112 valence electrons. The summed E-state index contributed by atoms with van der Waals surface area (Å²) >= 11 is 1.89. The van der Waals surface area contributed by atoms with E-state index in [4.69, 9.17) is 9.47 Å². The predicted molar refractivity (Wildman–Crippen MR) is 86.4 cm³/mol. The second kappa shape index (κ2) is 6.50. The van der Waals surface area contributed by atoms with Crippen LogP contribution < -0.4 is 14.8 Å². The highest BCUT2D eigenvalue weighted by Gasteiger charge is 2.12. The summed E-state index contributed by atoms with van der Waals surface area (Å²) in [5.41, 5.74) is 1.22. The van der Waals surface area contributed by atoms with Gasteiger partial charge in [0.1, 0.15) is 13.2 Å². The number of nitrogens with one attached hydrogen (secondary N) is 1. The van der Waals surface area contributed by atoms with Crippen LogP contribution in [0.15, 0.2) is 30.3 Å². The van der Waals surface area contributed by atoms with Gasteiger partial charge in [0.2, 0.25) is 0 Å². The van der Waals surface area contributed by atoms with E-state index in [1.807, 2.05) is 17.4 Å². The number of hydrogen-bond acceptors (Lipinski definition) is 4. The van der Waals surface area contributed by atoms with Crippen LogP contribution in [0.2, 0.25) is 0 Å². The molecule has 1 aromatic heterocycles. The summed E-state index contributed by atoms with van der Waals surface area (Å²) in [5.74, 6) is 1.71. The Morgan fingerprint density at radius 2 is 1.95 bits per heavy atom. The van der Waals surface area contributed by atoms with Gasteiger partial charge in [0, 0.05) is 22.3 Å². The molecule has 0 aliphatic carbocycles. The monoisotopic (exact) mass is 303 g/mol. The van der Waals surface area contributed by atoms with Gasteiger partial charge in [-0.3, -0.25) is 0 Å². The van der Waals surface area contributed by atoms with E-state index in [0.29, 0.717) is 19.3 Å². The molecule has 1 N–H and O–H groups in total. The molecule has 1 atom stereocenters. The molecule has 1 aliphatic heterocycles. The minimum atomic E-state index is 0.364. The second-order valence-electron chi connectivity index (χ2n) is 5.24. The van der Waals surface area contributed by atoms with Gasteiger partial charge in [0.05, 0.1) is 0 Å². The van der Waals surface area contributed by atoms with E-state index in [9.17, 15) is 0 Å². The van der Waals surface area contributed by atoms with Crippen LogP contribution in [0, 0.1) is 0 Å². The summed E-state index contributed by atoms with van der Waals surface area (Å²) in [6.07, 6.45) is 1.11. The van der Waals surface area contributed by atoms with Crippen molar-refractivity contribution in [2.75, 3.05) is 13.2 Å². The third kappa shape index (κ3) is 3.39. The van der Waals surface area contributed by atoms with Crippen molar-refractivity contribution in [2.24, 2.45) is 0 Å². The average Bonchev–Trinajstić information content (AvgIpc) is 3.01. The molecule has 0 bridgehead atoms. The highest BCUT2D eigenvalue weighted by molar-refractivity contribution is 7.12. The van der Waals surface area contributed by atoms with Crippen LogP contribution in [0.4, 0.5) is 0 Å². The summed E-state index contributed by atoms with van der Waals surface area (Å²) in [6.45, 7) is 6.51. The van der Waals surface area contributed by atoms with Gasteiger partial charge >= 0.3 is 0 Å². The number of thiophene rings is 1. The molecule has 0 fully saturated rings. The quantitative estimate of drug-likeness (QED) is 0.908. The lowest BCUT2D eigenvalue weighted by molar-refractivity contribution is 0.171. The Bertz CT molecular complexity index is 609. The van der Waals surface area contributed by atoms with Gasteiger partial charge in [-0.15, -0.1) is 11.3 Å². The lowest BCUT2D eigenvalue weighted by atomic mass is 10.1. The van der Waals surface area contributed by atoms with Crippen molar-refractivity contribution >= 4 is 11.3 Å². The molecule has 21 heavy (non-hydrogen) atoms. The Labute approximate surface area is 129 Å². The van der Waals surface area contributed by atoms with E-state index in [1.54, 1.807) is 0 Å². The Balaban J connectivity index is 1.61. The molecular weight excluding hydrogens is 282 g/mol. The topological polar surface area (TPSA) is 30.5 Å². The largest absolute Gasteiger partial charge is 0.486 e. The molecule has 2 heterocycles. The van der Waals surface area contributed by atoms with Crippen LogP contribution in [-0.4, -0.2) is 13.2 Å². The Morgan fingerprint density at radius 1 is 1.14 bits per heavy atom. The van der Waals surface area contributed by atoms with Crippen molar-refractivity contribution in [2.45, 2.75) is 32.9 Å². The van der Waals surface area contributed by atoms with E-state index in [0.717, 1.165) is 24.5 Å². The lowest BCUT2D eigenvalue weighted by Crippen LogP contribution is -2.18. The minimum absolute atomic E-state index is 0.364. The zero-order chi connectivity index (χ0) is 14.7. The highest BCUT2D eigenvalue weighted by Crippen LogP contribution is 2.31. The van der Waals surface area contributed by atoms with Crippen molar-refractivity contribution in [3.63, 3.8) is 0 Å². The molecule has 4 heteroatoms. The maximum atomic E-state index is 5.62. The molecular formula is C17H21NO2S. The Morgan fingerprint density at radius 3 is 2.71 bits per heavy atom. The summed E-state index contributed by atoms with van der Waals surface area (Å²) in [4.78, 5) is 2.84. The Hall–Kier alpha value is -1.52. The van der Waals surface area contributed by atoms with Crippen LogP contribution in [0.25, 0.3) is 0 Å². The van der Waals surface area contributed by atoms with Crippen LogP contribution in [0.3, 0.4) is 0 Å². The zero-order valence-electron chi connectivity index (χ0n) is 12.5. The zero-order valence-corrected chi connectivity index (χ0v) is 13.3. The minimum Gasteiger partial charge on any atom is -0.486 e. The van der Waals surface area contributed by atoms with Crippen LogP contribution >= 0.6 is 11.3 Å². The number of ether oxygens (including phenoxy) is 2. The number of aryl methyl sites for hydroxylation is 1. The van der Waals surface area contributed by atoms with Gasteiger partial charge in [0.25, 0.3) is 0 Å². The van der Waals surface area contributed by atoms with E-state index in [2.05, 4.69) is 43.4 Å². The van der Waals surface area contributed by atoms with Gasteiger partial charge in [-0.2, -0.15) is 0 Å². The molecule has 0 radical (unpaired) electrons. The number of hydrogen-bond donors (Lipinski definition) is 1. The molecule has 0 saturated carbocycles. The third-order valence-electron chi connectivity index (χ3n) is 3.68. The molecule has 0 amide bonds. The van der Waals surface area contributed by atoms with Crippen molar-refractivity contribution < 1.29 is 9.47 Å². The predicted octanol–water partition coefficient (Wildman–Crippen LogP) is 3.93. The fraction of sp³-hybridized carbons (Fsp3) is 0.412. The van der Waals surface area contributed by atoms with Crippen LogP contribution in [0.5, 0.6) is 11.5 Å². The molecule has 1 unspecified atom stereocenters. The van der Waals surface area contributed by atoms with Crippen molar-refractivity contribution in [3.05, 3.63) is 45.6 Å². The number of rotatable bonds is 5. The number of benzene rings is 1. The third-order valence-corrected chi connectivity index (χ3v) is 5.09. The Kier molecular flexibility index (Phi) is 4.46.